The van der Waals surface area contributed by atoms with Crippen LogP contribution in [0.5, 0.6) is 11.5 Å². The van der Waals surface area contributed by atoms with Crippen LogP contribution in [0.2, 0.25) is 0 Å². The van der Waals surface area contributed by atoms with E-state index in [4.69, 9.17) is 9.47 Å². The van der Waals surface area contributed by atoms with Crippen molar-refractivity contribution in [2.24, 2.45) is 0 Å². The number of rotatable bonds is 6. The van der Waals surface area contributed by atoms with Crippen LogP contribution in [0.4, 0.5) is 0 Å². The van der Waals surface area contributed by atoms with E-state index in [1.165, 1.54) is 0 Å². The molecular weight excluding hydrogens is 256 g/mol. The van der Waals surface area contributed by atoms with Crippen molar-refractivity contribution in [2.45, 2.75) is 39.3 Å². The predicted molar refractivity (Wildman–Crippen MR) is 76.9 cm³/mol. The molecule has 0 spiro atoms. The van der Waals surface area contributed by atoms with Gasteiger partial charge in [-0.1, -0.05) is 6.07 Å². The monoisotopic (exact) mass is 278 g/mol. The van der Waals surface area contributed by atoms with Gasteiger partial charge >= 0.3 is 0 Å². The van der Waals surface area contributed by atoms with Gasteiger partial charge in [0.25, 0.3) is 0 Å². The van der Waals surface area contributed by atoms with Crippen molar-refractivity contribution in [3.8, 4) is 11.5 Å². The van der Waals surface area contributed by atoms with Crippen LogP contribution in [-0.2, 0) is 4.79 Å². The number of carbonyl (C=O) groups is 1. The molecule has 0 aliphatic carbocycles. The van der Waals surface area contributed by atoms with Crippen LogP contribution < -0.4 is 20.1 Å². The smallest absolute Gasteiger partial charge is 0.231 e. The summed E-state index contributed by atoms with van der Waals surface area (Å²) in [6.07, 6.45) is 0.479. The molecule has 1 aromatic carbocycles. The molecule has 0 saturated carbocycles. The average molecular weight is 278 g/mol. The van der Waals surface area contributed by atoms with Gasteiger partial charge in [0, 0.05) is 25.0 Å². The average Bonchev–Trinajstić information content (AvgIpc) is 2.84. The fourth-order valence-electron chi connectivity index (χ4n) is 2.10. The minimum atomic E-state index is 0.0744. The first-order valence-corrected chi connectivity index (χ1v) is 6.98. The molecule has 1 atom stereocenters. The van der Waals surface area contributed by atoms with Crippen LogP contribution in [0.15, 0.2) is 18.2 Å². The highest BCUT2D eigenvalue weighted by Gasteiger charge is 2.15. The Morgan fingerprint density at radius 3 is 2.75 bits per heavy atom. The Bertz CT molecular complexity index is 474. The zero-order valence-corrected chi connectivity index (χ0v) is 12.2. The van der Waals surface area contributed by atoms with Crippen LogP contribution in [0, 0.1) is 0 Å². The van der Waals surface area contributed by atoms with E-state index in [0.717, 1.165) is 17.1 Å². The number of carbonyl (C=O) groups excluding carboxylic acids is 1. The second-order valence-corrected chi connectivity index (χ2v) is 5.26. The fourth-order valence-corrected chi connectivity index (χ4v) is 2.10. The molecule has 0 saturated heterocycles. The summed E-state index contributed by atoms with van der Waals surface area (Å²) in [5.74, 6) is 1.65. The standard InChI is InChI=1S/C15H22N2O3/c1-10(2)17-15(18)6-7-16-11(3)12-4-5-13-14(8-12)20-9-19-13/h4-5,8,10-11,16H,6-7,9H2,1-3H3,(H,17,18). The lowest BCUT2D eigenvalue weighted by Gasteiger charge is -2.15. The minimum absolute atomic E-state index is 0.0744. The summed E-state index contributed by atoms with van der Waals surface area (Å²) in [6, 6.07) is 6.26. The predicted octanol–water partition coefficient (Wildman–Crippen LogP) is 1.98. The Morgan fingerprint density at radius 2 is 2.00 bits per heavy atom. The lowest BCUT2D eigenvalue weighted by atomic mass is 10.1. The number of hydrogen-bond donors (Lipinski definition) is 2. The second-order valence-electron chi connectivity index (χ2n) is 5.26. The number of fused-ring (bicyclic) bond motifs is 1. The first-order chi connectivity index (χ1) is 9.56. The molecule has 0 radical (unpaired) electrons. The molecule has 5 heteroatoms. The maximum Gasteiger partial charge on any atom is 0.231 e. The zero-order valence-electron chi connectivity index (χ0n) is 12.2. The third kappa shape index (κ3) is 3.87. The summed E-state index contributed by atoms with van der Waals surface area (Å²) < 4.78 is 10.6. The normalized spacial score (nSPS) is 14.4. The van der Waals surface area contributed by atoms with E-state index >= 15 is 0 Å². The maximum absolute atomic E-state index is 11.5. The summed E-state index contributed by atoms with van der Waals surface area (Å²) in [5, 5.41) is 6.21. The molecule has 0 bridgehead atoms. The zero-order chi connectivity index (χ0) is 14.5. The van der Waals surface area contributed by atoms with Gasteiger partial charge in [0.2, 0.25) is 12.7 Å². The molecule has 5 nitrogen and oxygen atoms in total. The van der Waals surface area contributed by atoms with E-state index in [2.05, 4.69) is 17.6 Å². The third-order valence-electron chi connectivity index (χ3n) is 3.15. The van der Waals surface area contributed by atoms with Crippen molar-refractivity contribution in [1.82, 2.24) is 10.6 Å². The minimum Gasteiger partial charge on any atom is -0.454 e. The molecular formula is C15H22N2O3. The lowest BCUT2D eigenvalue weighted by molar-refractivity contribution is -0.121. The van der Waals surface area contributed by atoms with Gasteiger partial charge in [-0.15, -0.1) is 0 Å². The fraction of sp³-hybridized carbons (Fsp3) is 0.533. The van der Waals surface area contributed by atoms with Crippen molar-refractivity contribution in [3.63, 3.8) is 0 Å². The number of ether oxygens (including phenoxy) is 2. The van der Waals surface area contributed by atoms with Gasteiger partial charge in [0.1, 0.15) is 0 Å². The molecule has 1 aliphatic heterocycles. The van der Waals surface area contributed by atoms with Crippen LogP contribution in [0.3, 0.4) is 0 Å². The van der Waals surface area contributed by atoms with E-state index in [1.54, 1.807) is 0 Å². The summed E-state index contributed by atoms with van der Waals surface area (Å²) in [7, 11) is 0. The molecule has 1 aliphatic rings. The van der Waals surface area contributed by atoms with E-state index in [9.17, 15) is 4.79 Å². The molecule has 0 aromatic heterocycles. The van der Waals surface area contributed by atoms with E-state index in [0.29, 0.717) is 13.0 Å². The van der Waals surface area contributed by atoms with E-state index in [-0.39, 0.29) is 24.8 Å². The van der Waals surface area contributed by atoms with Crippen LogP contribution in [-0.4, -0.2) is 25.3 Å². The Hall–Kier alpha value is -1.75. The largest absolute Gasteiger partial charge is 0.454 e. The molecule has 2 rings (SSSR count). The van der Waals surface area contributed by atoms with Gasteiger partial charge in [-0.05, 0) is 38.5 Å². The van der Waals surface area contributed by atoms with Gasteiger partial charge in [-0.3, -0.25) is 4.79 Å². The lowest BCUT2D eigenvalue weighted by Crippen LogP contribution is -2.33. The summed E-state index contributed by atoms with van der Waals surface area (Å²) in [6.45, 7) is 6.92. The molecule has 20 heavy (non-hydrogen) atoms. The Labute approximate surface area is 119 Å². The van der Waals surface area contributed by atoms with E-state index in [1.807, 2.05) is 32.0 Å². The molecule has 1 aromatic rings. The van der Waals surface area contributed by atoms with Gasteiger partial charge < -0.3 is 20.1 Å². The van der Waals surface area contributed by atoms with Crippen molar-refractivity contribution in [2.75, 3.05) is 13.3 Å². The molecule has 1 heterocycles. The number of benzene rings is 1. The highest BCUT2D eigenvalue weighted by molar-refractivity contribution is 5.76. The molecule has 110 valence electrons. The number of amides is 1. The highest BCUT2D eigenvalue weighted by Crippen LogP contribution is 2.34. The Kier molecular flexibility index (Phi) is 4.84. The van der Waals surface area contributed by atoms with Gasteiger partial charge in [-0.25, -0.2) is 0 Å². The topological polar surface area (TPSA) is 59.6 Å². The summed E-state index contributed by atoms with van der Waals surface area (Å²) in [4.78, 5) is 11.5. The van der Waals surface area contributed by atoms with Gasteiger partial charge in [0.05, 0.1) is 0 Å². The second kappa shape index (κ2) is 6.61. The van der Waals surface area contributed by atoms with Gasteiger partial charge in [0.15, 0.2) is 11.5 Å². The first kappa shape index (κ1) is 14.7. The van der Waals surface area contributed by atoms with Crippen molar-refractivity contribution >= 4 is 5.91 Å². The molecule has 2 N–H and O–H groups in total. The Balaban J connectivity index is 1.80. The maximum atomic E-state index is 11.5. The summed E-state index contributed by atoms with van der Waals surface area (Å²) >= 11 is 0. The third-order valence-corrected chi connectivity index (χ3v) is 3.15. The quantitative estimate of drug-likeness (QED) is 0.835. The van der Waals surface area contributed by atoms with Crippen LogP contribution in [0.25, 0.3) is 0 Å². The number of nitrogens with one attached hydrogen (secondary N) is 2. The van der Waals surface area contributed by atoms with E-state index < -0.39 is 0 Å². The first-order valence-electron chi connectivity index (χ1n) is 6.98. The number of hydrogen-bond acceptors (Lipinski definition) is 4. The van der Waals surface area contributed by atoms with Crippen molar-refractivity contribution < 1.29 is 14.3 Å². The summed E-state index contributed by atoms with van der Waals surface area (Å²) in [5.41, 5.74) is 1.12. The molecule has 0 fully saturated rings. The molecule has 1 unspecified atom stereocenters. The molecule has 1 amide bonds. The van der Waals surface area contributed by atoms with Crippen molar-refractivity contribution in [1.29, 1.82) is 0 Å². The Morgan fingerprint density at radius 1 is 1.25 bits per heavy atom. The van der Waals surface area contributed by atoms with Crippen molar-refractivity contribution in [3.05, 3.63) is 23.8 Å². The van der Waals surface area contributed by atoms with Crippen LogP contribution in [0.1, 0.15) is 38.8 Å². The van der Waals surface area contributed by atoms with Crippen LogP contribution >= 0.6 is 0 Å². The highest BCUT2D eigenvalue weighted by atomic mass is 16.7. The SMILES string of the molecule is CC(C)NC(=O)CCNC(C)c1ccc2c(c1)OCO2. The van der Waals surface area contributed by atoms with Gasteiger partial charge in [-0.2, -0.15) is 0 Å².